The average molecular weight is 287 g/mol. The van der Waals surface area contributed by atoms with E-state index in [0.29, 0.717) is 19.8 Å². The quantitative estimate of drug-likeness (QED) is 0.470. The third-order valence-electron chi connectivity index (χ3n) is 3.10. The van der Waals surface area contributed by atoms with Gasteiger partial charge >= 0.3 is 5.69 Å². The molecule has 8 heteroatoms. The van der Waals surface area contributed by atoms with Crippen molar-refractivity contribution in [3.8, 4) is 0 Å². The third kappa shape index (κ3) is 2.62. The van der Waals surface area contributed by atoms with Crippen LogP contribution in [0.4, 0.5) is 11.5 Å². The van der Waals surface area contributed by atoms with Crippen molar-refractivity contribution in [2.75, 3.05) is 24.7 Å². The molecule has 0 atom stereocenters. The average Bonchev–Trinajstić information content (AvgIpc) is 2.26. The Bertz CT molecular complexity index is 521. The summed E-state index contributed by atoms with van der Waals surface area (Å²) in [6.07, 6.45) is 0. The first-order chi connectivity index (χ1) is 8.83. The first-order valence-electron chi connectivity index (χ1n) is 5.87. The van der Waals surface area contributed by atoms with E-state index in [1.54, 1.807) is 6.92 Å². The van der Waals surface area contributed by atoms with E-state index in [1.165, 1.54) is 0 Å². The van der Waals surface area contributed by atoms with Gasteiger partial charge in [0.05, 0.1) is 23.7 Å². The molecular weight excluding hydrogens is 272 g/mol. The van der Waals surface area contributed by atoms with Crippen LogP contribution in [0.3, 0.4) is 0 Å². The van der Waals surface area contributed by atoms with Gasteiger partial charge in [-0.1, -0.05) is 0 Å². The highest BCUT2D eigenvalue weighted by molar-refractivity contribution is 6.28. The molecule has 1 aliphatic rings. The molecule has 0 unspecified atom stereocenters. The number of hydrogen-bond donors (Lipinski definition) is 0. The molecule has 0 bridgehead atoms. The zero-order valence-corrected chi connectivity index (χ0v) is 11.8. The maximum atomic E-state index is 11.2. The van der Waals surface area contributed by atoms with Gasteiger partial charge < -0.3 is 9.64 Å². The number of nitro groups is 1. The number of nitrogens with zero attached hydrogens (tertiary/aromatic N) is 4. The lowest BCUT2D eigenvalue weighted by Gasteiger charge is -2.42. The van der Waals surface area contributed by atoms with Crippen molar-refractivity contribution in [2.24, 2.45) is 0 Å². The molecule has 1 aromatic heterocycles. The maximum Gasteiger partial charge on any atom is 0.332 e. The summed E-state index contributed by atoms with van der Waals surface area (Å²) in [5, 5.41) is 11.2. The van der Waals surface area contributed by atoms with E-state index in [-0.39, 0.29) is 28.0 Å². The number of morpholine rings is 1. The van der Waals surface area contributed by atoms with Crippen molar-refractivity contribution in [2.45, 2.75) is 26.3 Å². The Hall–Kier alpha value is -1.47. The highest BCUT2D eigenvalue weighted by Crippen LogP contribution is 2.34. The van der Waals surface area contributed by atoms with E-state index in [1.807, 2.05) is 18.7 Å². The SMILES string of the molecule is Cc1nc(Cl)nc(N2CCOCC2(C)C)c1[N+](=O)[O-]. The molecule has 0 radical (unpaired) electrons. The van der Waals surface area contributed by atoms with Crippen LogP contribution in [-0.4, -0.2) is 40.2 Å². The van der Waals surface area contributed by atoms with Crippen LogP contribution < -0.4 is 4.90 Å². The zero-order chi connectivity index (χ0) is 14.2. The smallest absolute Gasteiger partial charge is 0.332 e. The second-order valence-corrected chi connectivity index (χ2v) is 5.36. The molecule has 0 spiro atoms. The van der Waals surface area contributed by atoms with Crippen LogP contribution in [0.1, 0.15) is 19.5 Å². The molecule has 0 N–H and O–H groups in total. The Kier molecular flexibility index (Phi) is 3.60. The first kappa shape index (κ1) is 14.0. The summed E-state index contributed by atoms with van der Waals surface area (Å²) < 4.78 is 5.41. The largest absolute Gasteiger partial charge is 0.377 e. The number of aromatic nitrogens is 2. The summed E-state index contributed by atoms with van der Waals surface area (Å²) in [6.45, 7) is 6.96. The van der Waals surface area contributed by atoms with Crippen molar-refractivity contribution in [1.29, 1.82) is 0 Å². The normalized spacial score (nSPS) is 18.4. The van der Waals surface area contributed by atoms with Crippen LogP contribution in [0.15, 0.2) is 0 Å². The number of rotatable bonds is 2. The van der Waals surface area contributed by atoms with Crippen LogP contribution in [0, 0.1) is 17.0 Å². The minimum Gasteiger partial charge on any atom is -0.377 e. The molecule has 0 aromatic carbocycles. The van der Waals surface area contributed by atoms with E-state index >= 15 is 0 Å². The fourth-order valence-corrected chi connectivity index (χ4v) is 2.38. The molecule has 1 aliphatic heterocycles. The topological polar surface area (TPSA) is 81.4 Å². The van der Waals surface area contributed by atoms with Crippen LogP contribution in [0.2, 0.25) is 5.28 Å². The molecule has 2 rings (SSSR count). The molecule has 0 aliphatic carbocycles. The molecule has 0 saturated carbocycles. The van der Waals surface area contributed by atoms with Gasteiger partial charge in [-0.05, 0) is 32.4 Å². The minimum absolute atomic E-state index is 0.0143. The van der Waals surface area contributed by atoms with Gasteiger partial charge in [-0.3, -0.25) is 10.1 Å². The number of anilines is 1. The maximum absolute atomic E-state index is 11.2. The molecule has 19 heavy (non-hydrogen) atoms. The van der Waals surface area contributed by atoms with Crippen molar-refractivity contribution in [1.82, 2.24) is 9.97 Å². The molecule has 1 aromatic rings. The summed E-state index contributed by atoms with van der Waals surface area (Å²) in [5.74, 6) is 0.260. The highest BCUT2D eigenvalue weighted by atomic mass is 35.5. The van der Waals surface area contributed by atoms with Crippen LogP contribution in [0.5, 0.6) is 0 Å². The lowest BCUT2D eigenvalue weighted by atomic mass is 10.0. The minimum atomic E-state index is -0.466. The number of ether oxygens (including phenoxy) is 1. The summed E-state index contributed by atoms with van der Waals surface area (Å²) in [5.41, 5.74) is -0.214. The van der Waals surface area contributed by atoms with E-state index in [2.05, 4.69) is 9.97 Å². The van der Waals surface area contributed by atoms with E-state index in [0.717, 1.165) is 0 Å². The van der Waals surface area contributed by atoms with Gasteiger partial charge in [0.2, 0.25) is 11.1 Å². The lowest BCUT2D eigenvalue weighted by molar-refractivity contribution is -0.385. The summed E-state index contributed by atoms with van der Waals surface area (Å²) in [7, 11) is 0. The van der Waals surface area contributed by atoms with Gasteiger partial charge in [0.15, 0.2) is 0 Å². The van der Waals surface area contributed by atoms with Gasteiger partial charge in [0.1, 0.15) is 5.69 Å². The number of halogens is 1. The fraction of sp³-hybridized carbons (Fsp3) is 0.636. The first-order valence-corrected chi connectivity index (χ1v) is 6.24. The van der Waals surface area contributed by atoms with Gasteiger partial charge in [0, 0.05) is 6.54 Å². The standard InChI is InChI=1S/C11H15ClN4O3/c1-7-8(16(17)18)9(14-10(12)13-7)15-4-5-19-6-11(15,2)3/h4-6H2,1-3H3. The predicted octanol–water partition coefficient (Wildman–Crippen LogP) is 1.96. The Morgan fingerprint density at radius 1 is 1.47 bits per heavy atom. The molecule has 2 heterocycles. The van der Waals surface area contributed by atoms with Crippen LogP contribution in [0.25, 0.3) is 0 Å². The number of aryl methyl sites for hydroxylation is 1. The molecule has 0 amide bonds. The second kappa shape index (κ2) is 4.90. The van der Waals surface area contributed by atoms with E-state index in [9.17, 15) is 10.1 Å². The van der Waals surface area contributed by atoms with Crippen molar-refractivity contribution in [3.63, 3.8) is 0 Å². The Morgan fingerprint density at radius 3 is 2.74 bits per heavy atom. The fourth-order valence-electron chi connectivity index (χ4n) is 2.17. The van der Waals surface area contributed by atoms with Gasteiger partial charge in [-0.25, -0.2) is 4.98 Å². The molecule has 1 saturated heterocycles. The lowest BCUT2D eigenvalue weighted by Crippen LogP contribution is -2.53. The third-order valence-corrected chi connectivity index (χ3v) is 3.27. The Morgan fingerprint density at radius 2 is 2.16 bits per heavy atom. The molecule has 1 fully saturated rings. The van der Waals surface area contributed by atoms with Crippen LogP contribution in [-0.2, 0) is 4.74 Å². The summed E-state index contributed by atoms with van der Waals surface area (Å²) in [4.78, 5) is 20.5. The molecular formula is C11H15ClN4O3. The Balaban J connectivity index is 2.57. The number of hydrogen-bond acceptors (Lipinski definition) is 6. The van der Waals surface area contributed by atoms with Gasteiger partial charge in [-0.2, -0.15) is 4.98 Å². The predicted molar refractivity (Wildman–Crippen MR) is 70.7 cm³/mol. The Labute approximate surface area is 115 Å². The summed E-state index contributed by atoms with van der Waals surface area (Å²) >= 11 is 5.84. The highest BCUT2D eigenvalue weighted by Gasteiger charge is 2.37. The zero-order valence-electron chi connectivity index (χ0n) is 11.0. The monoisotopic (exact) mass is 286 g/mol. The van der Waals surface area contributed by atoms with Crippen LogP contribution >= 0.6 is 11.6 Å². The van der Waals surface area contributed by atoms with Crippen molar-refractivity contribution in [3.05, 3.63) is 21.1 Å². The summed E-state index contributed by atoms with van der Waals surface area (Å²) in [6, 6.07) is 0. The van der Waals surface area contributed by atoms with Crippen molar-refractivity contribution < 1.29 is 9.66 Å². The van der Waals surface area contributed by atoms with E-state index in [4.69, 9.17) is 16.3 Å². The van der Waals surface area contributed by atoms with Gasteiger partial charge in [-0.15, -0.1) is 0 Å². The van der Waals surface area contributed by atoms with E-state index < -0.39 is 4.92 Å². The van der Waals surface area contributed by atoms with Crippen molar-refractivity contribution >= 4 is 23.1 Å². The molecule has 104 valence electrons. The van der Waals surface area contributed by atoms with Gasteiger partial charge in [0.25, 0.3) is 0 Å². The second-order valence-electron chi connectivity index (χ2n) is 5.02. The molecule has 7 nitrogen and oxygen atoms in total.